The van der Waals surface area contributed by atoms with Gasteiger partial charge in [-0.15, -0.1) is 0 Å². The summed E-state index contributed by atoms with van der Waals surface area (Å²) in [4.78, 5) is 0. The average molecular weight is 248 g/mol. The van der Waals surface area contributed by atoms with Gasteiger partial charge in [0.2, 0.25) is 0 Å². The van der Waals surface area contributed by atoms with Gasteiger partial charge in [0, 0.05) is 18.5 Å². The summed E-state index contributed by atoms with van der Waals surface area (Å²) in [5.41, 5.74) is 3.69. The molecule has 0 amide bonds. The van der Waals surface area contributed by atoms with E-state index in [-0.39, 0.29) is 6.54 Å². The van der Waals surface area contributed by atoms with Gasteiger partial charge in [0.25, 0.3) is 0 Å². The SMILES string of the molecule is CCn1ncc(Cl)c1C(F)(CN)C(C)(C)C. The molecule has 1 aromatic heterocycles. The van der Waals surface area contributed by atoms with Crippen LogP contribution in [0.1, 0.15) is 33.4 Å². The molecule has 0 aromatic carbocycles. The number of hydrogen-bond acceptors (Lipinski definition) is 2. The van der Waals surface area contributed by atoms with Gasteiger partial charge in [0.05, 0.1) is 16.9 Å². The summed E-state index contributed by atoms with van der Waals surface area (Å²) in [6.07, 6.45) is 1.47. The molecule has 0 bridgehead atoms. The molecule has 3 nitrogen and oxygen atoms in total. The fourth-order valence-electron chi connectivity index (χ4n) is 1.75. The summed E-state index contributed by atoms with van der Waals surface area (Å²) in [5, 5.41) is 4.39. The Kier molecular flexibility index (Phi) is 3.65. The molecule has 0 radical (unpaired) electrons. The molecule has 1 rings (SSSR count). The van der Waals surface area contributed by atoms with E-state index in [1.165, 1.54) is 6.20 Å². The molecule has 0 aliphatic carbocycles. The number of halogens is 2. The van der Waals surface area contributed by atoms with Gasteiger partial charge < -0.3 is 5.73 Å². The minimum atomic E-state index is -1.67. The van der Waals surface area contributed by atoms with Crippen molar-refractivity contribution >= 4 is 11.6 Å². The van der Waals surface area contributed by atoms with Crippen LogP contribution in [-0.4, -0.2) is 16.3 Å². The summed E-state index contributed by atoms with van der Waals surface area (Å²) in [5.74, 6) is 0. The van der Waals surface area contributed by atoms with E-state index in [0.29, 0.717) is 17.3 Å². The summed E-state index contributed by atoms with van der Waals surface area (Å²) in [6.45, 7) is 7.79. The maximum Gasteiger partial charge on any atom is 0.170 e. The van der Waals surface area contributed by atoms with E-state index in [0.717, 1.165) is 0 Å². The van der Waals surface area contributed by atoms with Crippen molar-refractivity contribution in [2.75, 3.05) is 6.54 Å². The van der Waals surface area contributed by atoms with Gasteiger partial charge in [-0.2, -0.15) is 5.10 Å². The second kappa shape index (κ2) is 4.34. The molecule has 0 saturated heterocycles. The van der Waals surface area contributed by atoms with E-state index < -0.39 is 11.1 Å². The number of rotatable bonds is 3. The molecule has 1 unspecified atom stereocenters. The highest BCUT2D eigenvalue weighted by molar-refractivity contribution is 6.31. The van der Waals surface area contributed by atoms with Crippen LogP contribution in [0.2, 0.25) is 5.02 Å². The lowest BCUT2D eigenvalue weighted by Crippen LogP contribution is -2.44. The molecular formula is C11H19ClFN3. The number of aryl methyl sites for hydroxylation is 1. The Morgan fingerprint density at radius 2 is 2.06 bits per heavy atom. The maximum absolute atomic E-state index is 15.0. The highest BCUT2D eigenvalue weighted by atomic mass is 35.5. The van der Waals surface area contributed by atoms with Crippen molar-refractivity contribution in [3.63, 3.8) is 0 Å². The lowest BCUT2D eigenvalue weighted by molar-refractivity contribution is 0.0254. The van der Waals surface area contributed by atoms with Crippen molar-refractivity contribution in [1.82, 2.24) is 9.78 Å². The first-order valence-corrected chi connectivity index (χ1v) is 5.76. The van der Waals surface area contributed by atoms with E-state index in [2.05, 4.69) is 5.10 Å². The van der Waals surface area contributed by atoms with Gasteiger partial charge in [0.1, 0.15) is 0 Å². The number of hydrogen-bond donors (Lipinski definition) is 1. The van der Waals surface area contributed by atoms with Crippen LogP contribution < -0.4 is 5.73 Å². The zero-order chi connectivity index (χ0) is 12.6. The number of aromatic nitrogens is 2. The van der Waals surface area contributed by atoms with Crippen molar-refractivity contribution in [1.29, 1.82) is 0 Å². The Bertz CT molecular complexity index is 370. The fourth-order valence-corrected chi connectivity index (χ4v) is 2.05. The number of nitrogens with two attached hydrogens (primary N) is 1. The second-order valence-electron chi connectivity index (χ2n) is 4.91. The average Bonchev–Trinajstić information content (AvgIpc) is 2.57. The maximum atomic E-state index is 15.0. The van der Waals surface area contributed by atoms with Crippen LogP contribution >= 0.6 is 11.6 Å². The van der Waals surface area contributed by atoms with Crippen LogP contribution in [0.4, 0.5) is 4.39 Å². The summed E-state index contributed by atoms with van der Waals surface area (Å²) >= 11 is 6.01. The van der Waals surface area contributed by atoms with E-state index in [1.807, 2.05) is 27.7 Å². The minimum Gasteiger partial charge on any atom is -0.327 e. The van der Waals surface area contributed by atoms with E-state index >= 15 is 4.39 Å². The second-order valence-corrected chi connectivity index (χ2v) is 5.32. The smallest absolute Gasteiger partial charge is 0.170 e. The Labute approximate surface area is 101 Å². The molecule has 1 aromatic rings. The first kappa shape index (κ1) is 13.5. The third-order valence-electron chi connectivity index (χ3n) is 2.94. The third-order valence-corrected chi connectivity index (χ3v) is 3.22. The fraction of sp³-hybridized carbons (Fsp3) is 0.727. The lowest BCUT2D eigenvalue weighted by Gasteiger charge is -2.37. The molecule has 2 N–H and O–H groups in total. The first-order valence-electron chi connectivity index (χ1n) is 5.38. The molecule has 0 spiro atoms. The van der Waals surface area contributed by atoms with Gasteiger partial charge in [-0.05, 0) is 6.92 Å². The highest BCUT2D eigenvalue weighted by Crippen LogP contribution is 2.44. The Hall–Kier alpha value is -0.610. The molecule has 1 atom stereocenters. The third kappa shape index (κ3) is 1.96. The molecule has 16 heavy (non-hydrogen) atoms. The molecule has 0 fully saturated rings. The quantitative estimate of drug-likeness (QED) is 0.893. The minimum absolute atomic E-state index is 0.109. The van der Waals surface area contributed by atoms with Crippen molar-refractivity contribution in [2.45, 2.75) is 39.9 Å². The van der Waals surface area contributed by atoms with Crippen LogP contribution in [0.5, 0.6) is 0 Å². The first-order chi connectivity index (χ1) is 7.28. The molecule has 1 heterocycles. The summed E-state index contributed by atoms with van der Waals surface area (Å²) in [7, 11) is 0. The summed E-state index contributed by atoms with van der Waals surface area (Å²) in [6, 6.07) is 0. The largest absolute Gasteiger partial charge is 0.327 e. The van der Waals surface area contributed by atoms with Crippen LogP contribution in [0.25, 0.3) is 0 Å². The molecule has 0 aliphatic heterocycles. The van der Waals surface area contributed by atoms with E-state index in [9.17, 15) is 0 Å². The normalized spacial score (nSPS) is 16.2. The molecule has 5 heteroatoms. The predicted molar refractivity (Wildman–Crippen MR) is 64.2 cm³/mol. The molecular weight excluding hydrogens is 229 g/mol. The lowest BCUT2D eigenvalue weighted by atomic mass is 9.75. The van der Waals surface area contributed by atoms with Gasteiger partial charge in [-0.1, -0.05) is 32.4 Å². The molecule has 0 saturated carbocycles. The van der Waals surface area contributed by atoms with Gasteiger partial charge in [0.15, 0.2) is 5.67 Å². The van der Waals surface area contributed by atoms with Gasteiger partial charge in [-0.25, -0.2) is 4.39 Å². The molecule has 0 aliphatic rings. The monoisotopic (exact) mass is 247 g/mol. The van der Waals surface area contributed by atoms with Crippen molar-refractivity contribution < 1.29 is 4.39 Å². The number of alkyl halides is 1. The van der Waals surface area contributed by atoms with Crippen molar-refractivity contribution in [3.05, 3.63) is 16.9 Å². The van der Waals surface area contributed by atoms with Crippen molar-refractivity contribution in [2.24, 2.45) is 11.1 Å². The Morgan fingerprint density at radius 3 is 2.44 bits per heavy atom. The van der Waals surface area contributed by atoms with Crippen LogP contribution in [0.3, 0.4) is 0 Å². The van der Waals surface area contributed by atoms with E-state index in [4.69, 9.17) is 17.3 Å². The van der Waals surface area contributed by atoms with Gasteiger partial charge >= 0.3 is 0 Å². The number of nitrogens with zero attached hydrogens (tertiary/aromatic N) is 2. The van der Waals surface area contributed by atoms with Crippen molar-refractivity contribution in [3.8, 4) is 0 Å². The van der Waals surface area contributed by atoms with Crippen LogP contribution in [-0.2, 0) is 12.2 Å². The topological polar surface area (TPSA) is 43.8 Å². The highest BCUT2D eigenvalue weighted by Gasteiger charge is 2.46. The zero-order valence-electron chi connectivity index (χ0n) is 10.2. The van der Waals surface area contributed by atoms with E-state index in [1.54, 1.807) is 4.68 Å². The Morgan fingerprint density at radius 1 is 1.50 bits per heavy atom. The standard InChI is InChI=1S/C11H19ClFN3/c1-5-16-9(8(12)6-15-16)11(13,7-14)10(2,3)4/h6H,5,7,14H2,1-4H3. The van der Waals surface area contributed by atoms with Crippen LogP contribution in [0.15, 0.2) is 6.20 Å². The van der Waals surface area contributed by atoms with Gasteiger partial charge in [-0.3, -0.25) is 4.68 Å². The predicted octanol–water partition coefficient (Wildman–Crippen LogP) is 2.73. The Balaban J connectivity index is 3.38. The van der Waals surface area contributed by atoms with Crippen LogP contribution in [0, 0.1) is 5.41 Å². The molecule has 92 valence electrons. The summed E-state index contributed by atoms with van der Waals surface area (Å²) < 4.78 is 16.6. The zero-order valence-corrected chi connectivity index (χ0v) is 11.0.